The van der Waals surface area contributed by atoms with Gasteiger partial charge in [0.25, 0.3) is 5.56 Å². The van der Waals surface area contributed by atoms with E-state index in [1.807, 2.05) is 18.3 Å². The number of pyridine rings is 2. The molecule has 0 saturated heterocycles. The first-order valence-corrected chi connectivity index (χ1v) is 10.6. The van der Waals surface area contributed by atoms with Crippen molar-refractivity contribution >= 4 is 11.8 Å². The van der Waals surface area contributed by atoms with Crippen molar-refractivity contribution in [3.63, 3.8) is 0 Å². The highest BCUT2D eigenvalue weighted by Crippen LogP contribution is 2.38. The molecule has 0 bridgehead atoms. The van der Waals surface area contributed by atoms with Gasteiger partial charge in [0.15, 0.2) is 0 Å². The smallest absolute Gasteiger partial charge is 0.270 e. The number of aromatic nitrogens is 5. The second-order valence-corrected chi connectivity index (χ2v) is 8.12. The molecule has 2 aliphatic rings. The normalized spacial score (nSPS) is 20.2. The van der Waals surface area contributed by atoms with Crippen LogP contribution in [-0.2, 0) is 0 Å². The van der Waals surface area contributed by atoms with Crippen molar-refractivity contribution < 1.29 is 0 Å². The summed E-state index contributed by atoms with van der Waals surface area (Å²) in [5, 5.41) is 15.4. The second kappa shape index (κ2) is 8.19. The van der Waals surface area contributed by atoms with Crippen molar-refractivity contribution in [1.82, 2.24) is 24.7 Å². The summed E-state index contributed by atoms with van der Waals surface area (Å²) in [7, 11) is 0. The van der Waals surface area contributed by atoms with E-state index in [0.29, 0.717) is 35.2 Å². The van der Waals surface area contributed by atoms with Crippen LogP contribution < -0.4 is 16.2 Å². The molecule has 8 nitrogen and oxygen atoms in total. The van der Waals surface area contributed by atoms with Gasteiger partial charge in [-0.05, 0) is 56.4 Å². The molecular formula is C23H23N7O. The predicted molar refractivity (Wildman–Crippen MR) is 118 cm³/mol. The molecule has 2 saturated carbocycles. The molecule has 0 unspecified atom stereocenters. The van der Waals surface area contributed by atoms with Crippen LogP contribution in [0.4, 0.5) is 11.8 Å². The van der Waals surface area contributed by atoms with E-state index >= 15 is 0 Å². The van der Waals surface area contributed by atoms with Crippen molar-refractivity contribution in [2.75, 3.05) is 10.6 Å². The topological polar surface area (TPSA) is 97.6 Å². The van der Waals surface area contributed by atoms with Crippen molar-refractivity contribution in [3.8, 4) is 18.0 Å². The summed E-state index contributed by atoms with van der Waals surface area (Å²) in [6.07, 6.45) is 16.0. The van der Waals surface area contributed by atoms with E-state index in [0.717, 1.165) is 30.8 Å². The van der Waals surface area contributed by atoms with Gasteiger partial charge in [-0.2, -0.15) is 0 Å². The van der Waals surface area contributed by atoms with Crippen LogP contribution in [-0.4, -0.2) is 36.8 Å². The number of nitrogens with one attached hydrogen (secondary N) is 2. The monoisotopic (exact) mass is 413 g/mol. The molecule has 2 atom stereocenters. The van der Waals surface area contributed by atoms with E-state index in [2.05, 4.69) is 36.7 Å². The number of nitrogens with zero attached hydrogens (tertiary/aromatic N) is 5. The number of hydrogen-bond acceptors (Lipinski definition) is 7. The Balaban J connectivity index is 1.18. The molecule has 0 aliphatic heterocycles. The fourth-order valence-corrected chi connectivity index (χ4v) is 3.97. The standard InChI is InChI=1S/C23H23N7O/c1-2-15-4-3-11-30(22(15)31)19-9-10-21(24-13-19)26-17-7-8-18(12-17)27-23-25-14-20(28-29-23)16-5-6-16/h1,3-4,9-11,13-14,16-18H,5-8,12H2,(H,24,26)(H,25,27,29)/t17-,18-/m0/s1. The molecule has 8 heteroatoms. The molecule has 3 heterocycles. The first kappa shape index (κ1) is 19.2. The van der Waals surface area contributed by atoms with Gasteiger partial charge in [-0.25, -0.2) is 9.97 Å². The van der Waals surface area contributed by atoms with Crippen LogP contribution in [0.5, 0.6) is 0 Å². The fourth-order valence-electron chi connectivity index (χ4n) is 3.97. The average molecular weight is 413 g/mol. The summed E-state index contributed by atoms with van der Waals surface area (Å²) in [6.45, 7) is 0. The van der Waals surface area contributed by atoms with Gasteiger partial charge in [0.2, 0.25) is 5.95 Å². The molecule has 0 aromatic carbocycles. The van der Waals surface area contributed by atoms with Gasteiger partial charge in [-0.1, -0.05) is 5.92 Å². The lowest BCUT2D eigenvalue weighted by Gasteiger charge is -2.15. The molecule has 0 spiro atoms. The number of rotatable bonds is 6. The van der Waals surface area contributed by atoms with Crippen LogP contribution in [0.3, 0.4) is 0 Å². The first-order valence-electron chi connectivity index (χ1n) is 10.6. The van der Waals surface area contributed by atoms with Gasteiger partial charge in [0.05, 0.1) is 29.3 Å². The molecule has 5 rings (SSSR count). The number of terminal acetylenes is 1. The SMILES string of the molecule is C#Cc1cccn(-c2ccc(N[C@H]3CC[C@H](Nc4ncc(C5CC5)nn4)C3)nc2)c1=O. The maximum Gasteiger partial charge on any atom is 0.270 e. The third-order valence-electron chi connectivity index (χ3n) is 5.82. The molecule has 2 fully saturated rings. The Kier molecular flexibility index (Phi) is 5.08. The van der Waals surface area contributed by atoms with Crippen LogP contribution in [0.25, 0.3) is 5.69 Å². The van der Waals surface area contributed by atoms with Crippen molar-refractivity contribution in [2.45, 2.75) is 50.1 Å². The first-order chi connectivity index (χ1) is 15.2. The average Bonchev–Trinajstić information content (AvgIpc) is 3.56. The Morgan fingerprint density at radius 1 is 1.00 bits per heavy atom. The predicted octanol–water partition coefficient (Wildman–Crippen LogP) is 2.72. The highest BCUT2D eigenvalue weighted by atomic mass is 16.1. The van der Waals surface area contributed by atoms with Gasteiger partial charge in [-0.3, -0.25) is 9.36 Å². The zero-order valence-corrected chi connectivity index (χ0v) is 17.0. The Hall–Kier alpha value is -3.73. The highest BCUT2D eigenvalue weighted by Gasteiger charge is 2.27. The summed E-state index contributed by atoms with van der Waals surface area (Å²) in [5.74, 6) is 4.35. The van der Waals surface area contributed by atoms with E-state index in [-0.39, 0.29) is 5.56 Å². The molecule has 31 heavy (non-hydrogen) atoms. The molecule has 2 N–H and O–H groups in total. The van der Waals surface area contributed by atoms with Crippen LogP contribution in [0.2, 0.25) is 0 Å². The second-order valence-electron chi connectivity index (χ2n) is 8.12. The molecular weight excluding hydrogens is 390 g/mol. The third-order valence-corrected chi connectivity index (χ3v) is 5.82. The minimum Gasteiger partial charge on any atom is -0.367 e. The Labute approximate surface area is 180 Å². The van der Waals surface area contributed by atoms with Crippen LogP contribution in [0, 0.1) is 12.3 Å². The lowest BCUT2D eigenvalue weighted by Crippen LogP contribution is -2.22. The summed E-state index contributed by atoms with van der Waals surface area (Å²) >= 11 is 0. The van der Waals surface area contributed by atoms with Crippen molar-refractivity contribution in [1.29, 1.82) is 0 Å². The lowest BCUT2D eigenvalue weighted by atomic mass is 10.2. The maximum absolute atomic E-state index is 12.4. The van der Waals surface area contributed by atoms with E-state index in [4.69, 9.17) is 6.42 Å². The highest BCUT2D eigenvalue weighted by molar-refractivity contribution is 5.43. The quantitative estimate of drug-likeness (QED) is 0.600. The zero-order chi connectivity index (χ0) is 21.2. The fraction of sp³-hybridized carbons (Fsp3) is 0.348. The summed E-state index contributed by atoms with van der Waals surface area (Å²) in [6, 6.07) is 7.75. The Morgan fingerprint density at radius 3 is 2.52 bits per heavy atom. The zero-order valence-electron chi connectivity index (χ0n) is 17.0. The van der Waals surface area contributed by atoms with Crippen molar-refractivity contribution in [3.05, 3.63) is 64.5 Å². The van der Waals surface area contributed by atoms with Gasteiger partial charge >= 0.3 is 0 Å². The molecule has 3 aromatic rings. The van der Waals surface area contributed by atoms with E-state index in [1.54, 1.807) is 24.5 Å². The van der Waals surface area contributed by atoms with Crippen LogP contribution in [0.1, 0.15) is 49.3 Å². The Bertz CT molecular complexity index is 1160. The van der Waals surface area contributed by atoms with E-state index in [9.17, 15) is 4.79 Å². The van der Waals surface area contributed by atoms with E-state index in [1.165, 1.54) is 17.4 Å². The molecule has 3 aromatic heterocycles. The summed E-state index contributed by atoms with van der Waals surface area (Å²) < 4.78 is 1.50. The summed E-state index contributed by atoms with van der Waals surface area (Å²) in [4.78, 5) is 21.3. The summed E-state index contributed by atoms with van der Waals surface area (Å²) in [5.41, 5.74) is 1.78. The number of hydrogen-bond donors (Lipinski definition) is 2. The van der Waals surface area contributed by atoms with Crippen LogP contribution in [0.15, 0.2) is 47.7 Å². The molecule has 156 valence electrons. The number of anilines is 2. The van der Waals surface area contributed by atoms with Gasteiger partial charge in [0, 0.05) is 24.2 Å². The van der Waals surface area contributed by atoms with E-state index < -0.39 is 0 Å². The minimum absolute atomic E-state index is 0.223. The minimum atomic E-state index is -0.223. The van der Waals surface area contributed by atoms with Gasteiger partial charge in [-0.15, -0.1) is 16.6 Å². The van der Waals surface area contributed by atoms with Gasteiger partial charge < -0.3 is 10.6 Å². The Morgan fingerprint density at radius 2 is 1.84 bits per heavy atom. The molecule has 0 radical (unpaired) electrons. The van der Waals surface area contributed by atoms with Gasteiger partial charge in [0.1, 0.15) is 5.82 Å². The molecule has 2 aliphatic carbocycles. The lowest BCUT2D eigenvalue weighted by molar-refractivity contribution is 0.710. The molecule has 0 amide bonds. The largest absolute Gasteiger partial charge is 0.367 e. The third kappa shape index (κ3) is 4.26. The van der Waals surface area contributed by atoms with Crippen molar-refractivity contribution in [2.24, 2.45) is 0 Å². The van der Waals surface area contributed by atoms with Crippen LogP contribution >= 0.6 is 0 Å². The maximum atomic E-state index is 12.4.